The minimum Gasteiger partial charge on any atom is -0.337 e. The van der Waals surface area contributed by atoms with Gasteiger partial charge in [0.25, 0.3) is 5.91 Å². The van der Waals surface area contributed by atoms with Crippen molar-refractivity contribution in [2.45, 2.75) is 25.8 Å². The molecule has 27 heavy (non-hydrogen) atoms. The third kappa shape index (κ3) is 3.51. The van der Waals surface area contributed by atoms with Gasteiger partial charge in [-0.2, -0.15) is 5.10 Å². The summed E-state index contributed by atoms with van der Waals surface area (Å²) < 4.78 is 1.79. The maximum atomic E-state index is 13.3. The van der Waals surface area contributed by atoms with Gasteiger partial charge in [-0.15, -0.1) is 0 Å². The van der Waals surface area contributed by atoms with Crippen LogP contribution < -0.4 is 5.73 Å². The highest BCUT2D eigenvalue weighted by Gasteiger charge is 2.27. The minimum atomic E-state index is 0.00517. The van der Waals surface area contributed by atoms with Crippen LogP contribution in [0, 0.1) is 6.92 Å². The molecular weight excluding hydrogens is 336 g/mol. The Kier molecular flexibility index (Phi) is 4.77. The number of likely N-dealkylation sites (tertiary alicyclic amines) is 1. The Morgan fingerprint density at radius 1 is 1.11 bits per heavy atom. The lowest BCUT2D eigenvalue weighted by Gasteiger charge is -2.30. The van der Waals surface area contributed by atoms with E-state index >= 15 is 0 Å². The summed E-state index contributed by atoms with van der Waals surface area (Å²) in [6, 6.07) is 18.0. The monoisotopic (exact) mass is 360 g/mol. The number of carbonyl (C=O) groups excluding carboxylic acids is 1. The number of para-hydroxylation sites is 1. The van der Waals surface area contributed by atoms with Crippen molar-refractivity contribution in [3.63, 3.8) is 0 Å². The lowest BCUT2D eigenvalue weighted by Crippen LogP contribution is -2.45. The first-order chi connectivity index (χ1) is 13.1. The molecule has 1 amide bonds. The first-order valence-electron chi connectivity index (χ1n) is 9.39. The number of rotatable bonds is 3. The largest absolute Gasteiger partial charge is 0.337 e. The van der Waals surface area contributed by atoms with E-state index in [1.807, 2.05) is 72.6 Å². The lowest BCUT2D eigenvalue weighted by atomic mass is 10.0. The van der Waals surface area contributed by atoms with Gasteiger partial charge in [-0.1, -0.05) is 42.5 Å². The van der Waals surface area contributed by atoms with Gasteiger partial charge in [0.2, 0.25) is 0 Å². The molecule has 5 nitrogen and oxygen atoms in total. The van der Waals surface area contributed by atoms with Gasteiger partial charge in [0, 0.05) is 30.9 Å². The number of nitrogens with two attached hydrogens (primary N) is 1. The fraction of sp³-hybridized carbons (Fsp3) is 0.273. The lowest BCUT2D eigenvalue weighted by molar-refractivity contribution is 0.0709. The minimum absolute atomic E-state index is 0.00517. The maximum absolute atomic E-state index is 13.3. The topological polar surface area (TPSA) is 64.2 Å². The first kappa shape index (κ1) is 17.5. The average Bonchev–Trinajstić information content (AvgIpc) is 3.13. The van der Waals surface area contributed by atoms with E-state index in [1.54, 1.807) is 4.68 Å². The molecule has 0 saturated carbocycles. The normalized spacial score (nSPS) is 17.1. The molecule has 1 atom stereocenters. The van der Waals surface area contributed by atoms with Gasteiger partial charge in [0.15, 0.2) is 0 Å². The maximum Gasteiger partial charge on any atom is 0.257 e. The fourth-order valence-corrected chi connectivity index (χ4v) is 3.65. The Hall–Kier alpha value is -2.92. The van der Waals surface area contributed by atoms with Gasteiger partial charge < -0.3 is 10.6 Å². The van der Waals surface area contributed by atoms with E-state index in [1.165, 1.54) is 0 Å². The highest BCUT2D eigenvalue weighted by Crippen LogP contribution is 2.28. The van der Waals surface area contributed by atoms with Crippen molar-refractivity contribution >= 4 is 5.91 Å². The first-order valence-corrected chi connectivity index (χ1v) is 9.39. The Balaban J connectivity index is 1.80. The van der Waals surface area contributed by atoms with Gasteiger partial charge in [-0.3, -0.25) is 4.79 Å². The summed E-state index contributed by atoms with van der Waals surface area (Å²) in [6.07, 6.45) is 3.76. The van der Waals surface area contributed by atoms with Crippen LogP contribution in [0.5, 0.6) is 0 Å². The van der Waals surface area contributed by atoms with Crippen LogP contribution in [0.15, 0.2) is 60.8 Å². The van der Waals surface area contributed by atoms with Crippen LogP contribution in [-0.4, -0.2) is 39.7 Å². The van der Waals surface area contributed by atoms with E-state index in [9.17, 15) is 4.79 Å². The van der Waals surface area contributed by atoms with Gasteiger partial charge in [0.05, 0.1) is 11.3 Å². The number of hydrogen-bond acceptors (Lipinski definition) is 3. The highest BCUT2D eigenvalue weighted by atomic mass is 16.2. The molecule has 1 aromatic heterocycles. The molecule has 1 unspecified atom stereocenters. The Labute approximate surface area is 159 Å². The Morgan fingerprint density at radius 2 is 1.85 bits per heavy atom. The molecule has 0 spiro atoms. The number of hydrogen-bond donors (Lipinski definition) is 1. The summed E-state index contributed by atoms with van der Waals surface area (Å²) in [5.74, 6) is 0.00517. The van der Waals surface area contributed by atoms with Crippen LogP contribution in [0.2, 0.25) is 0 Å². The van der Waals surface area contributed by atoms with Crippen LogP contribution in [0.4, 0.5) is 0 Å². The number of nitrogens with zero attached hydrogens (tertiary/aromatic N) is 3. The fourth-order valence-electron chi connectivity index (χ4n) is 3.65. The van der Waals surface area contributed by atoms with Crippen molar-refractivity contribution in [2.75, 3.05) is 13.1 Å². The summed E-state index contributed by atoms with van der Waals surface area (Å²) in [5.41, 5.74) is 10.5. The molecule has 1 aliphatic rings. The van der Waals surface area contributed by atoms with Crippen molar-refractivity contribution in [3.05, 3.63) is 71.9 Å². The molecule has 1 aliphatic heterocycles. The predicted octanol–water partition coefficient (Wildman–Crippen LogP) is 3.41. The Bertz CT molecular complexity index is 948. The van der Waals surface area contributed by atoms with Crippen LogP contribution in [0.3, 0.4) is 0 Å². The molecule has 1 saturated heterocycles. The Morgan fingerprint density at radius 3 is 2.59 bits per heavy atom. The van der Waals surface area contributed by atoms with Crippen molar-refractivity contribution in [1.29, 1.82) is 0 Å². The molecule has 0 bridgehead atoms. The number of carbonyl (C=O) groups is 1. The molecule has 138 valence electrons. The highest BCUT2D eigenvalue weighted by molar-refractivity contribution is 6.00. The summed E-state index contributed by atoms with van der Waals surface area (Å²) in [6.45, 7) is 3.39. The summed E-state index contributed by atoms with van der Waals surface area (Å²) in [7, 11) is 0. The zero-order valence-corrected chi connectivity index (χ0v) is 15.5. The molecule has 0 aliphatic carbocycles. The van der Waals surface area contributed by atoms with Crippen LogP contribution in [-0.2, 0) is 0 Å². The van der Waals surface area contributed by atoms with E-state index in [4.69, 9.17) is 10.8 Å². The third-order valence-electron chi connectivity index (χ3n) is 5.11. The number of amides is 1. The van der Waals surface area contributed by atoms with Gasteiger partial charge in [0.1, 0.15) is 5.69 Å². The zero-order valence-electron chi connectivity index (χ0n) is 15.5. The molecular formula is C22H24N4O. The van der Waals surface area contributed by atoms with Crippen molar-refractivity contribution in [3.8, 4) is 16.9 Å². The molecule has 2 N–H and O–H groups in total. The van der Waals surface area contributed by atoms with E-state index in [0.29, 0.717) is 12.1 Å². The van der Waals surface area contributed by atoms with Gasteiger partial charge in [-0.25, -0.2) is 4.68 Å². The van der Waals surface area contributed by atoms with Crippen molar-refractivity contribution < 1.29 is 4.79 Å². The second-order valence-corrected chi connectivity index (χ2v) is 7.14. The molecule has 4 rings (SSSR count). The van der Waals surface area contributed by atoms with E-state index in [0.717, 1.165) is 41.9 Å². The van der Waals surface area contributed by atoms with Crippen LogP contribution in [0.25, 0.3) is 16.9 Å². The second-order valence-electron chi connectivity index (χ2n) is 7.14. The van der Waals surface area contributed by atoms with Gasteiger partial charge >= 0.3 is 0 Å². The summed E-state index contributed by atoms with van der Waals surface area (Å²) in [5, 5.41) is 4.78. The number of benzene rings is 2. The number of aromatic nitrogens is 2. The standard InChI is InChI=1S/C22H24N4O/c1-16-8-5-6-12-19(16)21-20(22(27)25-13-7-9-17(23)14-25)15-26(24-21)18-10-3-2-4-11-18/h2-6,8,10-12,15,17H,7,9,13-14,23H2,1H3. The SMILES string of the molecule is Cc1ccccc1-c1nn(-c2ccccc2)cc1C(=O)N1CCCC(N)C1. The van der Waals surface area contributed by atoms with Gasteiger partial charge in [-0.05, 0) is 37.5 Å². The van der Waals surface area contributed by atoms with E-state index in [2.05, 4.69) is 0 Å². The quantitative estimate of drug-likeness (QED) is 0.778. The molecule has 3 aromatic rings. The number of aryl methyl sites for hydroxylation is 1. The van der Waals surface area contributed by atoms with E-state index < -0.39 is 0 Å². The van der Waals surface area contributed by atoms with Crippen molar-refractivity contribution in [1.82, 2.24) is 14.7 Å². The molecule has 5 heteroatoms. The zero-order chi connectivity index (χ0) is 18.8. The molecule has 2 aromatic carbocycles. The molecule has 2 heterocycles. The summed E-state index contributed by atoms with van der Waals surface area (Å²) >= 11 is 0. The third-order valence-corrected chi connectivity index (χ3v) is 5.11. The molecule has 0 radical (unpaired) electrons. The molecule has 1 fully saturated rings. The second kappa shape index (κ2) is 7.37. The van der Waals surface area contributed by atoms with E-state index in [-0.39, 0.29) is 11.9 Å². The van der Waals surface area contributed by atoms with Crippen molar-refractivity contribution in [2.24, 2.45) is 5.73 Å². The smallest absolute Gasteiger partial charge is 0.257 e. The number of piperidine rings is 1. The van der Waals surface area contributed by atoms with Crippen LogP contribution >= 0.6 is 0 Å². The average molecular weight is 360 g/mol. The summed E-state index contributed by atoms with van der Waals surface area (Å²) in [4.78, 5) is 15.2. The predicted molar refractivity (Wildman–Crippen MR) is 107 cm³/mol. The van der Waals surface area contributed by atoms with Crippen LogP contribution in [0.1, 0.15) is 28.8 Å².